The summed E-state index contributed by atoms with van der Waals surface area (Å²) in [5.74, 6) is 1.85. The Balaban J connectivity index is 1.06. The van der Waals surface area contributed by atoms with Crippen LogP contribution in [0.1, 0.15) is 0 Å². The zero-order chi connectivity index (χ0) is 34.9. The molecule has 0 radical (unpaired) electrons. The SMILES string of the molecule is c1ccc(-c2ccc(-c3nc(-c4ccccc4)nc(-c4ccc5oc6ccc7nc(-c8cccc9c8sc8ccccc89)sc7c6c5c4)n3)cc2)cc1. The molecule has 0 bridgehead atoms. The first-order valence-electron chi connectivity index (χ1n) is 17.4. The van der Waals surface area contributed by atoms with Gasteiger partial charge in [-0.3, -0.25) is 0 Å². The lowest BCUT2D eigenvalue weighted by atomic mass is 10.0. The van der Waals surface area contributed by atoms with Crippen LogP contribution in [-0.4, -0.2) is 19.9 Å². The van der Waals surface area contributed by atoms with Crippen molar-refractivity contribution in [1.29, 1.82) is 0 Å². The molecular weight excluding hydrogens is 689 g/mol. The average molecular weight is 715 g/mol. The molecule has 0 fully saturated rings. The number of rotatable bonds is 5. The number of fused-ring (bicyclic) bond motifs is 8. The summed E-state index contributed by atoms with van der Waals surface area (Å²) >= 11 is 3.55. The fraction of sp³-hybridized carbons (Fsp3) is 0. The van der Waals surface area contributed by atoms with Crippen molar-refractivity contribution < 1.29 is 4.42 Å². The van der Waals surface area contributed by atoms with E-state index in [0.29, 0.717) is 17.5 Å². The van der Waals surface area contributed by atoms with Crippen LogP contribution >= 0.6 is 22.7 Å². The molecule has 0 atom stereocenters. The van der Waals surface area contributed by atoms with E-state index in [4.69, 9.17) is 24.4 Å². The van der Waals surface area contributed by atoms with Crippen molar-refractivity contribution in [3.05, 3.63) is 158 Å². The van der Waals surface area contributed by atoms with E-state index in [1.165, 1.54) is 25.7 Å². The number of aromatic nitrogens is 4. The molecule has 0 amide bonds. The molecule has 11 rings (SSSR count). The van der Waals surface area contributed by atoms with Crippen LogP contribution in [-0.2, 0) is 0 Å². The van der Waals surface area contributed by atoms with Crippen molar-refractivity contribution in [3.63, 3.8) is 0 Å². The van der Waals surface area contributed by atoms with Gasteiger partial charge in [0.15, 0.2) is 17.5 Å². The maximum Gasteiger partial charge on any atom is 0.164 e. The Kier molecular flexibility index (Phi) is 6.83. The summed E-state index contributed by atoms with van der Waals surface area (Å²) < 4.78 is 10.1. The van der Waals surface area contributed by atoms with Crippen LogP contribution < -0.4 is 0 Å². The van der Waals surface area contributed by atoms with Crippen molar-refractivity contribution in [2.24, 2.45) is 0 Å². The van der Waals surface area contributed by atoms with E-state index in [2.05, 4.69) is 103 Å². The summed E-state index contributed by atoms with van der Waals surface area (Å²) in [5, 5.41) is 5.62. The first-order chi connectivity index (χ1) is 26.2. The highest BCUT2D eigenvalue weighted by Crippen LogP contribution is 2.45. The Bertz CT molecular complexity index is 3160. The number of thiophene rings is 1. The smallest absolute Gasteiger partial charge is 0.164 e. The highest BCUT2D eigenvalue weighted by Gasteiger charge is 2.19. The van der Waals surface area contributed by atoms with Gasteiger partial charge in [0.05, 0.1) is 10.2 Å². The van der Waals surface area contributed by atoms with Crippen LogP contribution in [0, 0.1) is 0 Å². The molecule has 4 heterocycles. The number of furan rings is 1. The van der Waals surface area contributed by atoms with E-state index < -0.39 is 0 Å². The number of hydrogen-bond donors (Lipinski definition) is 0. The molecule has 0 spiro atoms. The second-order valence-electron chi connectivity index (χ2n) is 13.0. The summed E-state index contributed by atoms with van der Waals surface area (Å²) in [5.41, 5.74) is 8.81. The molecule has 0 saturated heterocycles. The molecule has 11 aromatic rings. The maximum atomic E-state index is 6.44. The fourth-order valence-electron chi connectivity index (χ4n) is 7.21. The molecule has 0 unspecified atom stereocenters. The summed E-state index contributed by atoms with van der Waals surface area (Å²) in [4.78, 5) is 20.2. The van der Waals surface area contributed by atoms with Crippen molar-refractivity contribution in [2.75, 3.05) is 0 Å². The maximum absolute atomic E-state index is 6.44. The summed E-state index contributed by atoms with van der Waals surface area (Å²) in [6.07, 6.45) is 0. The topological polar surface area (TPSA) is 64.7 Å². The van der Waals surface area contributed by atoms with E-state index in [9.17, 15) is 0 Å². The quantitative estimate of drug-likeness (QED) is 0.178. The molecule has 53 heavy (non-hydrogen) atoms. The van der Waals surface area contributed by atoms with E-state index >= 15 is 0 Å². The van der Waals surface area contributed by atoms with E-state index in [0.717, 1.165) is 65.0 Å². The third kappa shape index (κ3) is 5.04. The lowest BCUT2D eigenvalue weighted by Crippen LogP contribution is -2.00. The number of benzene rings is 7. The van der Waals surface area contributed by atoms with Crippen LogP contribution in [0.3, 0.4) is 0 Å². The van der Waals surface area contributed by atoms with Crippen LogP contribution in [0.4, 0.5) is 0 Å². The van der Waals surface area contributed by atoms with Gasteiger partial charge < -0.3 is 4.42 Å². The Hall–Kier alpha value is -6.54. The summed E-state index contributed by atoms with van der Waals surface area (Å²) in [6, 6.07) is 54.3. The van der Waals surface area contributed by atoms with E-state index in [1.807, 2.05) is 65.9 Å². The average Bonchev–Trinajstić information content (AvgIpc) is 3.94. The minimum Gasteiger partial charge on any atom is -0.456 e. The predicted molar refractivity (Wildman–Crippen MR) is 220 cm³/mol. The normalized spacial score (nSPS) is 11.8. The van der Waals surface area contributed by atoms with Crippen LogP contribution in [0.5, 0.6) is 0 Å². The molecule has 0 saturated carbocycles. The molecule has 5 nitrogen and oxygen atoms in total. The fourth-order valence-corrected chi connectivity index (χ4v) is 9.64. The molecular formula is C46H26N4OS2. The zero-order valence-electron chi connectivity index (χ0n) is 28.0. The van der Waals surface area contributed by atoms with Crippen molar-refractivity contribution in [1.82, 2.24) is 19.9 Å². The Morgan fingerprint density at radius 1 is 0.396 bits per heavy atom. The van der Waals surface area contributed by atoms with E-state index in [1.54, 1.807) is 11.3 Å². The summed E-state index contributed by atoms with van der Waals surface area (Å²) in [6.45, 7) is 0. The molecule has 0 aliphatic carbocycles. The van der Waals surface area contributed by atoms with Gasteiger partial charge in [0.25, 0.3) is 0 Å². The van der Waals surface area contributed by atoms with Gasteiger partial charge in [0, 0.05) is 53.2 Å². The van der Waals surface area contributed by atoms with Gasteiger partial charge >= 0.3 is 0 Å². The third-order valence-electron chi connectivity index (χ3n) is 9.80. The largest absolute Gasteiger partial charge is 0.456 e. The Morgan fingerprint density at radius 2 is 1.00 bits per heavy atom. The molecule has 7 aromatic carbocycles. The lowest BCUT2D eigenvalue weighted by Gasteiger charge is -2.09. The van der Waals surface area contributed by atoms with Crippen LogP contribution in [0.25, 0.3) is 108 Å². The van der Waals surface area contributed by atoms with Gasteiger partial charge in [-0.05, 0) is 47.5 Å². The second-order valence-corrected chi connectivity index (χ2v) is 15.1. The van der Waals surface area contributed by atoms with Crippen molar-refractivity contribution in [3.8, 4) is 55.9 Å². The van der Waals surface area contributed by atoms with Gasteiger partial charge in [-0.1, -0.05) is 121 Å². The van der Waals surface area contributed by atoms with Gasteiger partial charge in [0.2, 0.25) is 0 Å². The third-order valence-corrected chi connectivity index (χ3v) is 12.1. The number of thiazole rings is 1. The highest BCUT2D eigenvalue weighted by atomic mass is 32.1. The summed E-state index contributed by atoms with van der Waals surface area (Å²) in [7, 11) is 0. The Morgan fingerprint density at radius 3 is 1.79 bits per heavy atom. The first-order valence-corrected chi connectivity index (χ1v) is 19.0. The molecule has 4 aromatic heterocycles. The van der Waals surface area contributed by atoms with E-state index in [-0.39, 0.29) is 0 Å². The number of hydrogen-bond acceptors (Lipinski definition) is 7. The highest BCUT2D eigenvalue weighted by molar-refractivity contribution is 7.27. The molecule has 7 heteroatoms. The van der Waals surface area contributed by atoms with Gasteiger partial charge in [-0.2, -0.15) is 0 Å². The van der Waals surface area contributed by atoms with Gasteiger partial charge in [-0.15, -0.1) is 22.7 Å². The van der Waals surface area contributed by atoms with Gasteiger partial charge in [0.1, 0.15) is 16.2 Å². The molecule has 0 N–H and O–H groups in total. The Labute approximate surface area is 311 Å². The first kappa shape index (κ1) is 30.1. The zero-order valence-corrected chi connectivity index (χ0v) is 29.7. The van der Waals surface area contributed by atoms with Crippen LogP contribution in [0.2, 0.25) is 0 Å². The lowest BCUT2D eigenvalue weighted by molar-refractivity contribution is 0.669. The molecule has 0 aliphatic rings. The van der Waals surface area contributed by atoms with Gasteiger partial charge in [-0.25, -0.2) is 19.9 Å². The molecule has 0 aliphatic heterocycles. The molecule has 248 valence electrons. The predicted octanol–water partition coefficient (Wildman–Crippen LogP) is 13.1. The standard InChI is InChI=1S/C46H26N4OS2/c1-3-10-27(11-4-1)28-18-20-30(21-19-28)44-48-43(29-12-5-2-6-13-29)49-45(50-44)31-22-24-37-35(26-31)40-38(51-37)25-23-36-42(40)53-46(47-36)34-16-9-15-33-32-14-7-8-17-39(32)52-41(33)34/h1-26H. The monoisotopic (exact) mass is 714 g/mol. The second kappa shape index (κ2) is 12.0. The minimum absolute atomic E-state index is 0.603. The minimum atomic E-state index is 0.603. The van der Waals surface area contributed by atoms with Crippen molar-refractivity contribution in [2.45, 2.75) is 0 Å². The number of nitrogens with zero attached hydrogens (tertiary/aromatic N) is 4. The van der Waals surface area contributed by atoms with Crippen LogP contribution in [0.15, 0.2) is 162 Å². The van der Waals surface area contributed by atoms with Crippen molar-refractivity contribution >= 4 is 75.0 Å².